The smallest absolute Gasteiger partial charge is 0.337 e. The molecule has 0 bridgehead atoms. The standard InChI is InChI=1S/C11H15ClN2O3/c1-3-11(2,6-15)14-9-4-7(10(16)17)8(12)5-13-9/h4-5,15H,3,6H2,1-2H3,(H,13,14)(H,16,17). The number of aliphatic hydroxyl groups is 1. The number of carbonyl (C=O) groups is 1. The second-order valence-corrected chi connectivity index (χ2v) is 4.46. The second-order valence-electron chi connectivity index (χ2n) is 4.05. The van der Waals surface area contributed by atoms with Gasteiger partial charge in [-0.15, -0.1) is 0 Å². The normalized spacial score (nSPS) is 14.1. The van der Waals surface area contributed by atoms with Crippen LogP contribution in [-0.2, 0) is 0 Å². The number of halogens is 1. The molecular formula is C11H15ClN2O3. The molecule has 6 heteroatoms. The lowest BCUT2D eigenvalue weighted by atomic mass is 10.0. The van der Waals surface area contributed by atoms with Crippen molar-refractivity contribution in [1.29, 1.82) is 0 Å². The highest BCUT2D eigenvalue weighted by Gasteiger charge is 2.21. The first-order valence-electron chi connectivity index (χ1n) is 5.19. The lowest BCUT2D eigenvalue weighted by Gasteiger charge is -2.27. The van der Waals surface area contributed by atoms with Crippen molar-refractivity contribution in [3.8, 4) is 0 Å². The molecule has 0 aromatic carbocycles. The Bertz CT molecular complexity index is 419. The predicted octanol–water partition coefficient (Wildman–Crippen LogP) is 2.01. The molecule has 0 spiro atoms. The van der Waals surface area contributed by atoms with Gasteiger partial charge >= 0.3 is 5.97 Å². The van der Waals surface area contributed by atoms with Crippen molar-refractivity contribution < 1.29 is 15.0 Å². The zero-order chi connectivity index (χ0) is 13.1. The van der Waals surface area contributed by atoms with Crippen LogP contribution in [0.25, 0.3) is 0 Å². The average Bonchev–Trinajstić information content (AvgIpc) is 2.31. The number of hydrogen-bond donors (Lipinski definition) is 3. The van der Waals surface area contributed by atoms with Crippen molar-refractivity contribution in [2.24, 2.45) is 0 Å². The number of aromatic nitrogens is 1. The molecule has 1 unspecified atom stereocenters. The van der Waals surface area contributed by atoms with E-state index >= 15 is 0 Å². The number of aromatic carboxylic acids is 1. The van der Waals surface area contributed by atoms with E-state index in [1.165, 1.54) is 12.3 Å². The van der Waals surface area contributed by atoms with Gasteiger partial charge in [-0.1, -0.05) is 18.5 Å². The van der Waals surface area contributed by atoms with E-state index in [1.54, 1.807) is 0 Å². The van der Waals surface area contributed by atoms with E-state index in [4.69, 9.17) is 16.7 Å². The third-order valence-electron chi connectivity index (χ3n) is 2.64. The largest absolute Gasteiger partial charge is 0.478 e. The molecule has 0 aliphatic carbocycles. The molecule has 0 aliphatic heterocycles. The molecule has 0 radical (unpaired) electrons. The van der Waals surface area contributed by atoms with Crippen LogP contribution in [0.4, 0.5) is 5.82 Å². The number of nitrogens with zero attached hydrogens (tertiary/aromatic N) is 1. The number of anilines is 1. The van der Waals surface area contributed by atoms with Gasteiger partial charge in [-0.3, -0.25) is 0 Å². The number of pyridine rings is 1. The molecular weight excluding hydrogens is 244 g/mol. The van der Waals surface area contributed by atoms with Crippen LogP contribution in [-0.4, -0.2) is 33.3 Å². The van der Waals surface area contributed by atoms with Gasteiger partial charge < -0.3 is 15.5 Å². The minimum Gasteiger partial charge on any atom is -0.478 e. The van der Waals surface area contributed by atoms with Crippen LogP contribution in [0.2, 0.25) is 5.02 Å². The molecule has 0 saturated carbocycles. The minimum absolute atomic E-state index is 0.0134. The van der Waals surface area contributed by atoms with E-state index in [0.29, 0.717) is 12.2 Å². The van der Waals surface area contributed by atoms with Crippen molar-refractivity contribution in [3.63, 3.8) is 0 Å². The second kappa shape index (κ2) is 5.33. The summed E-state index contributed by atoms with van der Waals surface area (Å²) in [5.41, 5.74) is -0.545. The van der Waals surface area contributed by atoms with Crippen LogP contribution in [0.5, 0.6) is 0 Å². The van der Waals surface area contributed by atoms with Crippen molar-refractivity contribution in [1.82, 2.24) is 4.98 Å². The van der Waals surface area contributed by atoms with Crippen LogP contribution in [0.3, 0.4) is 0 Å². The molecule has 1 atom stereocenters. The lowest BCUT2D eigenvalue weighted by molar-refractivity contribution is 0.0697. The zero-order valence-corrected chi connectivity index (χ0v) is 10.5. The number of nitrogens with one attached hydrogen (secondary N) is 1. The summed E-state index contributed by atoms with van der Waals surface area (Å²) >= 11 is 5.71. The fraction of sp³-hybridized carbons (Fsp3) is 0.455. The van der Waals surface area contributed by atoms with Gasteiger partial charge in [0.05, 0.1) is 22.7 Å². The molecule has 1 heterocycles. The molecule has 0 saturated heterocycles. The van der Waals surface area contributed by atoms with E-state index in [2.05, 4.69) is 10.3 Å². The first kappa shape index (κ1) is 13.7. The van der Waals surface area contributed by atoms with E-state index < -0.39 is 11.5 Å². The number of carboxylic acid groups (broad SMARTS) is 1. The number of hydrogen-bond acceptors (Lipinski definition) is 4. The average molecular weight is 259 g/mol. The summed E-state index contributed by atoms with van der Waals surface area (Å²) in [6.07, 6.45) is 1.96. The Hall–Kier alpha value is -1.33. The summed E-state index contributed by atoms with van der Waals surface area (Å²) in [5.74, 6) is -0.729. The zero-order valence-electron chi connectivity index (χ0n) is 9.70. The Labute approximate surface area is 104 Å². The molecule has 0 fully saturated rings. The molecule has 3 N–H and O–H groups in total. The lowest BCUT2D eigenvalue weighted by Crippen LogP contribution is -2.38. The van der Waals surface area contributed by atoms with Crippen LogP contribution in [0, 0.1) is 0 Å². The Morgan fingerprint density at radius 1 is 1.65 bits per heavy atom. The maximum Gasteiger partial charge on any atom is 0.337 e. The summed E-state index contributed by atoms with van der Waals surface area (Å²) in [7, 11) is 0. The SMILES string of the molecule is CCC(C)(CO)Nc1cc(C(=O)O)c(Cl)cn1. The molecule has 5 nitrogen and oxygen atoms in total. The highest BCUT2D eigenvalue weighted by atomic mass is 35.5. The van der Waals surface area contributed by atoms with Crippen LogP contribution in [0.15, 0.2) is 12.3 Å². The molecule has 17 heavy (non-hydrogen) atoms. The van der Waals surface area contributed by atoms with Gasteiger partial charge in [0, 0.05) is 6.20 Å². The minimum atomic E-state index is -1.11. The predicted molar refractivity (Wildman–Crippen MR) is 65.6 cm³/mol. The number of aliphatic hydroxyl groups excluding tert-OH is 1. The van der Waals surface area contributed by atoms with Crippen molar-refractivity contribution >= 4 is 23.4 Å². The van der Waals surface area contributed by atoms with E-state index in [9.17, 15) is 9.90 Å². The fourth-order valence-electron chi connectivity index (χ4n) is 1.22. The first-order valence-corrected chi connectivity index (χ1v) is 5.57. The topological polar surface area (TPSA) is 82.5 Å². The van der Waals surface area contributed by atoms with Gasteiger partial charge in [0.1, 0.15) is 5.82 Å². The first-order chi connectivity index (χ1) is 7.91. The maximum absolute atomic E-state index is 10.9. The summed E-state index contributed by atoms with van der Waals surface area (Å²) in [6, 6.07) is 1.36. The van der Waals surface area contributed by atoms with Crippen LogP contribution < -0.4 is 5.32 Å². The van der Waals surface area contributed by atoms with Gasteiger partial charge in [-0.25, -0.2) is 9.78 Å². The molecule has 0 amide bonds. The third kappa shape index (κ3) is 3.31. The molecule has 1 aromatic heterocycles. The van der Waals surface area contributed by atoms with Crippen molar-refractivity contribution in [3.05, 3.63) is 22.8 Å². The maximum atomic E-state index is 10.9. The summed E-state index contributed by atoms with van der Waals surface area (Å²) in [4.78, 5) is 14.9. The third-order valence-corrected chi connectivity index (χ3v) is 2.95. The molecule has 94 valence electrons. The van der Waals surface area contributed by atoms with Crippen molar-refractivity contribution in [2.45, 2.75) is 25.8 Å². The van der Waals surface area contributed by atoms with Gasteiger partial charge in [0.15, 0.2) is 0 Å². The molecule has 0 aliphatic rings. The number of carboxylic acids is 1. The van der Waals surface area contributed by atoms with Crippen LogP contribution in [0.1, 0.15) is 30.6 Å². The van der Waals surface area contributed by atoms with Gasteiger partial charge in [0.25, 0.3) is 0 Å². The quantitative estimate of drug-likeness (QED) is 0.753. The van der Waals surface area contributed by atoms with E-state index in [1.807, 2.05) is 13.8 Å². The number of rotatable bonds is 5. The van der Waals surface area contributed by atoms with Crippen LogP contribution >= 0.6 is 11.6 Å². The Morgan fingerprint density at radius 3 is 2.76 bits per heavy atom. The highest BCUT2D eigenvalue weighted by Crippen LogP contribution is 2.21. The summed E-state index contributed by atoms with van der Waals surface area (Å²) in [6.45, 7) is 3.66. The Kier molecular flexibility index (Phi) is 4.31. The Morgan fingerprint density at radius 2 is 2.29 bits per heavy atom. The fourth-order valence-corrected chi connectivity index (χ4v) is 1.40. The monoisotopic (exact) mass is 258 g/mol. The summed E-state index contributed by atoms with van der Waals surface area (Å²) in [5, 5.41) is 21.2. The van der Waals surface area contributed by atoms with Gasteiger partial charge in [0.2, 0.25) is 0 Å². The highest BCUT2D eigenvalue weighted by molar-refractivity contribution is 6.33. The van der Waals surface area contributed by atoms with E-state index in [-0.39, 0.29) is 17.2 Å². The molecule has 1 aromatic rings. The molecule has 1 rings (SSSR count). The summed E-state index contributed by atoms with van der Waals surface area (Å²) < 4.78 is 0. The van der Waals surface area contributed by atoms with Gasteiger partial charge in [-0.05, 0) is 19.4 Å². The van der Waals surface area contributed by atoms with E-state index in [0.717, 1.165) is 0 Å². The van der Waals surface area contributed by atoms with Gasteiger partial charge in [-0.2, -0.15) is 0 Å². The Balaban J connectivity index is 3.01. The van der Waals surface area contributed by atoms with Crippen molar-refractivity contribution in [2.75, 3.05) is 11.9 Å².